The van der Waals surface area contributed by atoms with Crippen molar-refractivity contribution in [2.75, 3.05) is 13.1 Å². The standard InChI is InChI=1S/C13H23NO2/c1-4-13(2,3)11(15)7-8-12(16)14-9-5-6-10-14/h4-10H2,1-3H3. The number of hydrogen-bond acceptors (Lipinski definition) is 2. The Kier molecular flexibility index (Phi) is 4.51. The van der Waals surface area contributed by atoms with Gasteiger partial charge in [-0.2, -0.15) is 0 Å². The van der Waals surface area contributed by atoms with E-state index in [0.717, 1.165) is 32.4 Å². The summed E-state index contributed by atoms with van der Waals surface area (Å²) in [6.45, 7) is 7.68. The van der Waals surface area contributed by atoms with Crippen molar-refractivity contribution in [3.63, 3.8) is 0 Å². The van der Waals surface area contributed by atoms with Gasteiger partial charge in [0, 0.05) is 31.3 Å². The van der Waals surface area contributed by atoms with E-state index in [4.69, 9.17) is 0 Å². The molecule has 0 unspecified atom stereocenters. The predicted molar refractivity (Wildman–Crippen MR) is 64.1 cm³/mol. The maximum Gasteiger partial charge on any atom is 0.223 e. The van der Waals surface area contributed by atoms with Crippen LogP contribution < -0.4 is 0 Å². The van der Waals surface area contributed by atoms with Gasteiger partial charge in [-0.1, -0.05) is 20.8 Å². The van der Waals surface area contributed by atoms with Crippen molar-refractivity contribution in [3.05, 3.63) is 0 Å². The number of rotatable bonds is 5. The maximum atomic E-state index is 11.8. The van der Waals surface area contributed by atoms with Crippen LogP contribution in [0, 0.1) is 5.41 Å². The van der Waals surface area contributed by atoms with Crippen LogP contribution in [0.3, 0.4) is 0 Å². The molecule has 0 aromatic heterocycles. The van der Waals surface area contributed by atoms with E-state index in [1.54, 1.807) is 0 Å². The zero-order valence-electron chi connectivity index (χ0n) is 10.7. The summed E-state index contributed by atoms with van der Waals surface area (Å²) < 4.78 is 0. The van der Waals surface area contributed by atoms with Gasteiger partial charge in [-0.05, 0) is 19.3 Å². The first kappa shape index (κ1) is 13.2. The fourth-order valence-corrected chi connectivity index (χ4v) is 1.88. The molecular formula is C13H23NO2. The third-order valence-corrected chi connectivity index (χ3v) is 3.66. The van der Waals surface area contributed by atoms with Gasteiger partial charge in [0.1, 0.15) is 5.78 Å². The lowest BCUT2D eigenvalue weighted by atomic mass is 9.83. The molecule has 1 saturated heterocycles. The molecular weight excluding hydrogens is 202 g/mol. The highest BCUT2D eigenvalue weighted by molar-refractivity contribution is 5.88. The average molecular weight is 225 g/mol. The van der Waals surface area contributed by atoms with Gasteiger partial charge in [0.15, 0.2) is 0 Å². The molecule has 1 aliphatic rings. The average Bonchev–Trinajstić information content (AvgIpc) is 2.78. The molecule has 0 spiro atoms. The predicted octanol–water partition coefficient (Wildman–Crippen LogP) is 2.39. The van der Waals surface area contributed by atoms with E-state index in [-0.39, 0.29) is 17.1 Å². The molecule has 0 aliphatic carbocycles. The van der Waals surface area contributed by atoms with Crippen LogP contribution in [0.5, 0.6) is 0 Å². The van der Waals surface area contributed by atoms with Crippen LogP contribution in [0.1, 0.15) is 52.9 Å². The molecule has 0 saturated carbocycles. The molecule has 1 fully saturated rings. The highest BCUT2D eigenvalue weighted by Gasteiger charge is 2.26. The van der Waals surface area contributed by atoms with Crippen molar-refractivity contribution < 1.29 is 9.59 Å². The Hall–Kier alpha value is -0.860. The van der Waals surface area contributed by atoms with Crippen LogP contribution in [0.4, 0.5) is 0 Å². The van der Waals surface area contributed by atoms with Gasteiger partial charge < -0.3 is 4.90 Å². The fraction of sp³-hybridized carbons (Fsp3) is 0.846. The Balaban J connectivity index is 2.34. The van der Waals surface area contributed by atoms with E-state index < -0.39 is 0 Å². The smallest absolute Gasteiger partial charge is 0.223 e. The van der Waals surface area contributed by atoms with Gasteiger partial charge in [-0.3, -0.25) is 9.59 Å². The lowest BCUT2D eigenvalue weighted by Crippen LogP contribution is -2.30. The molecule has 1 heterocycles. The van der Waals surface area contributed by atoms with E-state index in [1.165, 1.54) is 0 Å². The minimum absolute atomic E-state index is 0.151. The van der Waals surface area contributed by atoms with Crippen molar-refractivity contribution in [3.8, 4) is 0 Å². The molecule has 1 amide bonds. The van der Waals surface area contributed by atoms with Gasteiger partial charge >= 0.3 is 0 Å². The molecule has 3 heteroatoms. The molecule has 3 nitrogen and oxygen atoms in total. The molecule has 0 atom stereocenters. The number of carbonyl (C=O) groups is 2. The van der Waals surface area contributed by atoms with Crippen LogP contribution in [0.25, 0.3) is 0 Å². The lowest BCUT2D eigenvalue weighted by Gasteiger charge is -2.21. The third-order valence-electron chi connectivity index (χ3n) is 3.66. The number of likely N-dealkylation sites (tertiary alicyclic amines) is 1. The highest BCUT2D eigenvalue weighted by atomic mass is 16.2. The van der Waals surface area contributed by atoms with E-state index in [9.17, 15) is 9.59 Å². The van der Waals surface area contributed by atoms with Crippen molar-refractivity contribution >= 4 is 11.7 Å². The minimum Gasteiger partial charge on any atom is -0.343 e. The summed E-state index contributed by atoms with van der Waals surface area (Å²) in [5.41, 5.74) is -0.273. The summed E-state index contributed by atoms with van der Waals surface area (Å²) >= 11 is 0. The summed E-state index contributed by atoms with van der Waals surface area (Å²) in [4.78, 5) is 25.5. The van der Waals surface area contributed by atoms with Crippen molar-refractivity contribution in [2.24, 2.45) is 5.41 Å². The van der Waals surface area contributed by atoms with Crippen molar-refractivity contribution in [1.29, 1.82) is 0 Å². The fourth-order valence-electron chi connectivity index (χ4n) is 1.88. The first-order chi connectivity index (χ1) is 7.47. The van der Waals surface area contributed by atoms with Gasteiger partial charge in [0.05, 0.1) is 0 Å². The SMILES string of the molecule is CCC(C)(C)C(=O)CCC(=O)N1CCCC1. The molecule has 16 heavy (non-hydrogen) atoms. The molecule has 0 radical (unpaired) electrons. The number of amides is 1. The van der Waals surface area contributed by atoms with Crippen LogP contribution in [0.2, 0.25) is 0 Å². The second-order valence-corrected chi connectivity index (χ2v) is 5.25. The van der Waals surface area contributed by atoms with E-state index >= 15 is 0 Å². The number of carbonyl (C=O) groups excluding carboxylic acids is 2. The Morgan fingerprint density at radius 3 is 2.19 bits per heavy atom. The first-order valence-corrected chi connectivity index (χ1v) is 6.28. The summed E-state index contributed by atoms with van der Waals surface area (Å²) in [7, 11) is 0. The van der Waals surface area contributed by atoms with Gasteiger partial charge in [-0.25, -0.2) is 0 Å². The Morgan fingerprint density at radius 1 is 1.12 bits per heavy atom. The molecule has 0 N–H and O–H groups in total. The Morgan fingerprint density at radius 2 is 1.69 bits per heavy atom. The second kappa shape index (κ2) is 5.46. The minimum atomic E-state index is -0.273. The first-order valence-electron chi connectivity index (χ1n) is 6.28. The summed E-state index contributed by atoms with van der Waals surface area (Å²) in [6, 6.07) is 0. The molecule has 1 rings (SSSR count). The van der Waals surface area contributed by atoms with E-state index in [2.05, 4.69) is 0 Å². The monoisotopic (exact) mass is 225 g/mol. The Bertz CT molecular complexity index is 265. The van der Waals surface area contributed by atoms with E-state index in [0.29, 0.717) is 12.8 Å². The molecule has 0 aromatic rings. The van der Waals surface area contributed by atoms with Crippen LogP contribution in [-0.2, 0) is 9.59 Å². The number of hydrogen-bond donors (Lipinski definition) is 0. The lowest BCUT2D eigenvalue weighted by molar-refractivity contribution is -0.134. The maximum absolute atomic E-state index is 11.8. The zero-order chi connectivity index (χ0) is 12.2. The molecule has 0 bridgehead atoms. The van der Waals surface area contributed by atoms with Crippen molar-refractivity contribution in [1.82, 2.24) is 4.90 Å². The van der Waals surface area contributed by atoms with Crippen molar-refractivity contribution in [2.45, 2.75) is 52.9 Å². The summed E-state index contributed by atoms with van der Waals surface area (Å²) in [5.74, 6) is 0.361. The third kappa shape index (κ3) is 3.32. The van der Waals surface area contributed by atoms with Crippen LogP contribution >= 0.6 is 0 Å². The molecule has 1 aliphatic heterocycles. The summed E-state index contributed by atoms with van der Waals surface area (Å²) in [6.07, 6.45) is 3.85. The largest absolute Gasteiger partial charge is 0.343 e. The normalized spacial score (nSPS) is 16.6. The topological polar surface area (TPSA) is 37.4 Å². The Labute approximate surface area is 98.2 Å². The number of Topliss-reactive ketones (excluding diaryl/α,β-unsaturated/α-hetero) is 1. The molecule has 92 valence electrons. The quantitative estimate of drug-likeness (QED) is 0.720. The van der Waals surface area contributed by atoms with Gasteiger partial charge in [-0.15, -0.1) is 0 Å². The second-order valence-electron chi connectivity index (χ2n) is 5.25. The van der Waals surface area contributed by atoms with E-state index in [1.807, 2.05) is 25.7 Å². The molecule has 0 aromatic carbocycles. The van der Waals surface area contributed by atoms with Crippen LogP contribution in [-0.4, -0.2) is 29.7 Å². The zero-order valence-corrected chi connectivity index (χ0v) is 10.7. The summed E-state index contributed by atoms with van der Waals surface area (Å²) in [5, 5.41) is 0. The number of nitrogens with zero attached hydrogens (tertiary/aromatic N) is 1. The van der Waals surface area contributed by atoms with Gasteiger partial charge in [0.2, 0.25) is 5.91 Å². The van der Waals surface area contributed by atoms with Crippen LogP contribution in [0.15, 0.2) is 0 Å². The number of ketones is 1. The van der Waals surface area contributed by atoms with Gasteiger partial charge in [0.25, 0.3) is 0 Å². The highest BCUT2D eigenvalue weighted by Crippen LogP contribution is 2.23.